The van der Waals surface area contributed by atoms with Crippen molar-refractivity contribution in [3.63, 3.8) is 0 Å². The van der Waals surface area contributed by atoms with Crippen molar-refractivity contribution in [2.24, 2.45) is 11.3 Å². The fourth-order valence-corrected chi connectivity index (χ4v) is 9.12. The second-order valence-corrected chi connectivity index (χ2v) is 15.7. The van der Waals surface area contributed by atoms with Crippen molar-refractivity contribution in [3.05, 3.63) is 59.6 Å². The third-order valence-electron chi connectivity index (χ3n) is 9.08. The van der Waals surface area contributed by atoms with Crippen LogP contribution in [0.1, 0.15) is 62.0 Å². The molecule has 1 saturated carbocycles. The number of carbonyl (C=O) groups excluding carboxylic acids is 1. The molecule has 0 spiro atoms. The van der Waals surface area contributed by atoms with Gasteiger partial charge in [-0.1, -0.05) is 63.4 Å². The van der Waals surface area contributed by atoms with E-state index in [-0.39, 0.29) is 34.2 Å². The summed E-state index contributed by atoms with van der Waals surface area (Å²) in [5.41, 5.74) is 1.41. The number of piperazine rings is 1. The highest BCUT2D eigenvalue weighted by Gasteiger charge is 2.44. The number of nitrogens with zero attached hydrogens (tertiary/aromatic N) is 4. The molecule has 11 heteroatoms. The van der Waals surface area contributed by atoms with Crippen LogP contribution in [0.3, 0.4) is 0 Å². The Hall–Kier alpha value is -3.28. The molecule has 1 N–H and O–H groups in total. The SMILES string of the molecule is CC1(C)CCN(c2ccc(S(=O)(=O)N3CC(=O)N(c4cc(-c5ccccc5)sc4C(=O)O)C(C4CCCCC4)C3)cn2)C1. The van der Waals surface area contributed by atoms with Crippen LogP contribution in [-0.2, 0) is 14.8 Å². The molecule has 3 aromatic rings. The predicted octanol–water partition coefficient (Wildman–Crippen LogP) is 5.73. The largest absolute Gasteiger partial charge is 0.477 e. The van der Waals surface area contributed by atoms with Crippen molar-refractivity contribution >= 4 is 44.7 Å². The number of hydrogen-bond acceptors (Lipinski definition) is 7. The summed E-state index contributed by atoms with van der Waals surface area (Å²) in [4.78, 5) is 35.6. The van der Waals surface area contributed by atoms with Crippen molar-refractivity contribution in [2.75, 3.05) is 36.0 Å². The lowest BCUT2D eigenvalue weighted by molar-refractivity contribution is -0.121. The van der Waals surface area contributed by atoms with Crippen LogP contribution in [0.15, 0.2) is 59.6 Å². The Bertz CT molecular complexity index is 1600. The first-order valence-electron chi connectivity index (χ1n) is 15.0. The van der Waals surface area contributed by atoms with Crippen molar-refractivity contribution in [1.29, 1.82) is 0 Å². The lowest BCUT2D eigenvalue weighted by atomic mass is 9.82. The maximum Gasteiger partial charge on any atom is 0.348 e. The van der Waals surface area contributed by atoms with E-state index >= 15 is 0 Å². The van der Waals surface area contributed by atoms with Gasteiger partial charge in [-0.15, -0.1) is 11.3 Å². The van der Waals surface area contributed by atoms with Gasteiger partial charge in [-0.25, -0.2) is 18.2 Å². The topological polar surface area (TPSA) is 111 Å². The van der Waals surface area contributed by atoms with Gasteiger partial charge in [-0.2, -0.15) is 4.31 Å². The number of aromatic nitrogens is 1. The summed E-state index contributed by atoms with van der Waals surface area (Å²) in [6.07, 6.45) is 7.27. The number of anilines is 2. The van der Waals surface area contributed by atoms with Gasteiger partial charge in [0.25, 0.3) is 0 Å². The van der Waals surface area contributed by atoms with Gasteiger partial charge in [-0.3, -0.25) is 4.79 Å². The summed E-state index contributed by atoms with van der Waals surface area (Å²) < 4.78 is 29.1. The molecular weight excluding hydrogens is 585 g/mol. The predicted molar refractivity (Wildman–Crippen MR) is 168 cm³/mol. The molecule has 9 nitrogen and oxygen atoms in total. The van der Waals surface area contributed by atoms with Gasteiger partial charge in [0.1, 0.15) is 15.6 Å². The third-order valence-corrected chi connectivity index (χ3v) is 12.0. The Kier molecular flexibility index (Phi) is 8.08. The first-order valence-corrected chi connectivity index (χ1v) is 17.2. The van der Waals surface area contributed by atoms with Gasteiger partial charge in [0.05, 0.1) is 18.3 Å². The molecule has 228 valence electrons. The van der Waals surface area contributed by atoms with E-state index < -0.39 is 27.9 Å². The number of aromatic carboxylic acids is 1. The van der Waals surface area contributed by atoms with E-state index in [0.29, 0.717) is 5.69 Å². The molecule has 4 heterocycles. The average Bonchev–Trinajstić information content (AvgIpc) is 3.61. The van der Waals surface area contributed by atoms with Crippen molar-refractivity contribution in [3.8, 4) is 10.4 Å². The van der Waals surface area contributed by atoms with Gasteiger partial charge >= 0.3 is 5.97 Å². The number of rotatable bonds is 7. The Morgan fingerprint density at radius 1 is 1.07 bits per heavy atom. The second-order valence-electron chi connectivity index (χ2n) is 12.7. The summed E-state index contributed by atoms with van der Waals surface area (Å²) in [5.74, 6) is -0.691. The Balaban J connectivity index is 1.32. The van der Waals surface area contributed by atoms with E-state index in [1.54, 1.807) is 23.1 Å². The van der Waals surface area contributed by atoms with Crippen LogP contribution in [0.25, 0.3) is 10.4 Å². The summed E-state index contributed by atoms with van der Waals surface area (Å²) in [6.45, 7) is 5.91. The normalized spacial score (nSPS) is 21.8. The van der Waals surface area contributed by atoms with E-state index in [1.165, 1.54) is 10.5 Å². The summed E-state index contributed by atoms with van der Waals surface area (Å²) in [5, 5.41) is 10.2. The van der Waals surface area contributed by atoms with Gasteiger partial charge in [0.15, 0.2) is 0 Å². The molecule has 2 saturated heterocycles. The molecule has 6 rings (SSSR count). The maximum absolute atomic E-state index is 14.0. The highest BCUT2D eigenvalue weighted by molar-refractivity contribution is 7.89. The van der Waals surface area contributed by atoms with Crippen LogP contribution in [0, 0.1) is 11.3 Å². The maximum atomic E-state index is 14.0. The molecule has 1 aliphatic carbocycles. The molecule has 1 amide bonds. The second kappa shape index (κ2) is 11.7. The zero-order chi connectivity index (χ0) is 30.4. The highest BCUT2D eigenvalue weighted by atomic mass is 32.2. The van der Waals surface area contributed by atoms with Gasteiger partial charge in [0.2, 0.25) is 15.9 Å². The lowest BCUT2D eigenvalue weighted by Gasteiger charge is -2.44. The standard InChI is InChI=1S/C32H38N4O5S2/c1-32(2)15-16-34(21-32)28-14-13-24(18-33-28)43(40,41)35-19-26(22-9-5-3-6-10-22)36(29(37)20-35)25-17-27(42-30(25)31(38)39)23-11-7-4-8-12-23/h4,7-8,11-14,17-18,22,26H,3,5-6,9-10,15-16,19-21H2,1-2H3,(H,38,39). The van der Waals surface area contributed by atoms with E-state index in [9.17, 15) is 23.1 Å². The number of hydrogen-bond donors (Lipinski definition) is 1. The minimum atomic E-state index is -4.01. The Labute approximate surface area is 257 Å². The zero-order valence-electron chi connectivity index (χ0n) is 24.6. The molecule has 0 radical (unpaired) electrons. The number of carboxylic acids is 1. The molecule has 1 atom stereocenters. The number of benzene rings is 1. The molecule has 3 aliphatic rings. The molecule has 2 aliphatic heterocycles. The Morgan fingerprint density at radius 2 is 1.81 bits per heavy atom. The molecule has 1 unspecified atom stereocenters. The number of thiophene rings is 1. The number of sulfonamides is 1. The number of carbonyl (C=O) groups is 2. The number of carboxylic acid groups (broad SMARTS) is 1. The summed E-state index contributed by atoms with van der Waals surface area (Å²) in [6, 6.07) is 14.2. The molecule has 2 aromatic heterocycles. The van der Waals surface area contributed by atoms with Gasteiger partial charge in [0, 0.05) is 30.7 Å². The van der Waals surface area contributed by atoms with Crippen LogP contribution in [0.4, 0.5) is 11.5 Å². The fourth-order valence-electron chi connectivity index (χ4n) is 6.77. The van der Waals surface area contributed by atoms with E-state index in [2.05, 4.69) is 23.7 Å². The van der Waals surface area contributed by atoms with E-state index in [4.69, 9.17) is 0 Å². The van der Waals surface area contributed by atoms with Crippen molar-refractivity contribution < 1.29 is 23.1 Å². The van der Waals surface area contributed by atoms with E-state index in [1.807, 2.05) is 30.3 Å². The number of amides is 1. The van der Waals surface area contributed by atoms with Crippen LogP contribution in [0.2, 0.25) is 0 Å². The highest BCUT2D eigenvalue weighted by Crippen LogP contribution is 2.42. The van der Waals surface area contributed by atoms with Gasteiger partial charge < -0.3 is 14.9 Å². The zero-order valence-corrected chi connectivity index (χ0v) is 26.2. The molecular formula is C32H38N4O5S2. The first-order chi connectivity index (χ1) is 20.5. The van der Waals surface area contributed by atoms with Crippen molar-refractivity contribution in [2.45, 2.75) is 63.3 Å². The molecule has 0 bridgehead atoms. The Morgan fingerprint density at radius 3 is 2.44 bits per heavy atom. The molecule has 3 fully saturated rings. The average molecular weight is 623 g/mol. The summed E-state index contributed by atoms with van der Waals surface area (Å²) in [7, 11) is -4.01. The smallest absolute Gasteiger partial charge is 0.348 e. The minimum Gasteiger partial charge on any atom is -0.477 e. The van der Waals surface area contributed by atoms with Gasteiger partial charge in [-0.05, 0) is 54.4 Å². The molecule has 43 heavy (non-hydrogen) atoms. The van der Waals surface area contributed by atoms with Crippen LogP contribution in [-0.4, -0.2) is 66.9 Å². The van der Waals surface area contributed by atoms with Crippen molar-refractivity contribution in [1.82, 2.24) is 9.29 Å². The van der Waals surface area contributed by atoms with Crippen LogP contribution in [0.5, 0.6) is 0 Å². The first kappa shape index (κ1) is 29.8. The fraction of sp³-hybridized carbons (Fsp3) is 0.469. The third kappa shape index (κ3) is 5.94. The monoisotopic (exact) mass is 622 g/mol. The molecule has 1 aromatic carbocycles. The van der Waals surface area contributed by atoms with Crippen LogP contribution >= 0.6 is 11.3 Å². The van der Waals surface area contributed by atoms with Crippen LogP contribution < -0.4 is 9.80 Å². The quantitative estimate of drug-likeness (QED) is 0.358. The summed E-state index contributed by atoms with van der Waals surface area (Å²) >= 11 is 1.14. The number of pyridine rings is 1. The lowest BCUT2D eigenvalue weighted by Crippen LogP contribution is -2.60. The minimum absolute atomic E-state index is 0.0615. The van der Waals surface area contributed by atoms with E-state index in [0.717, 1.165) is 79.2 Å².